The van der Waals surface area contributed by atoms with Crippen molar-refractivity contribution in [1.29, 1.82) is 0 Å². The molecule has 1 saturated carbocycles. The van der Waals surface area contributed by atoms with Gasteiger partial charge in [-0.1, -0.05) is 38.5 Å². The number of aromatic nitrogens is 1. The van der Waals surface area contributed by atoms with Crippen LogP contribution in [-0.2, 0) is 0 Å². The Balaban J connectivity index is 2.06. The van der Waals surface area contributed by atoms with Crippen LogP contribution >= 0.6 is 0 Å². The maximum absolute atomic E-state index is 12.4. The van der Waals surface area contributed by atoms with Crippen LogP contribution in [0.4, 0.5) is 0 Å². The Morgan fingerprint density at radius 3 is 3.00 bits per heavy atom. The Morgan fingerprint density at radius 2 is 2.24 bits per heavy atom. The summed E-state index contributed by atoms with van der Waals surface area (Å²) in [4.78, 5) is 16.4. The van der Waals surface area contributed by atoms with Crippen molar-refractivity contribution in [2.45, 2.75) is 39.2 Å². The first-order chi connectivity index (χ1) is 10.1. The van der Waals surface area contributed by atoms with Gasteiger partial charge in [0.15, 0.2) is 0 Å². The summed E-state index contributed by atoms with van der Waals surface area (Å²) in [7, 11) is 0. The van der Waals surface area contributed by atoms with E-state index in [9.17, 15) is 4.79 Å². The molecule has 0 saturated heterocycles. The zero-order valence-electron chi connectivity index (χ0n) is 12.7. The quantitative estimate of drug-likeness (QED) is 0.816. The van der Waals surface area contributed by atoms with Crippen LogP contribution in [-0.4, -0.2) is 23.5 Å². The first-order valence-corrected chi connectivity index (χ1v) is 7.56. The average Bonchev–Trinajstić information content (AvgIpc) is 2.50. The van der Waals surface area contributed by atoms with Gasteiger partial charge in [0.2, 0.25) is 0 Å². The van der Waals surface area contributed by atoms with Crippen molar-refractivity contribution >= 4 is 5.91 Å². The van der Waals surface area contributed by atoms with Crippen LogP contribution in [0.15, 0.2) is 18.5 Å². The van der Waals surface area contributed by atoms with E-state index >= 15 is 0 Å². The molecule has 21 heavy (non-hydrogen) atoms. The molecule has 1 heterocycles. The third kappa shape index (κ3) is 4.05. The second-order valence-electron chi connectivity index (χ2n) is 5.82. The Kier molecular flexibility index (Phi) is 5.35. The van der Waals surface area contributed by atoms with Crippen LogP contribution in [0.3, 0.4) is 0 Å². The number of nitrogens with one attached hydrogen (secondary N) is 1. The molecular formula is C17H23N3O. The molecule has 1 fully saturated rings. The standard InChI is InChI=1S/C17H23N3O/c1-12-5-3-7-16(13(12)2)20-17(21)15-9-14(6-4-8-18)10-19-11-15/h9-13,16H,3,5,7-8,18H2,1-2H3,(H,20,21). The highest BCUT2D eigenvalue weighted by atomic mass is 16.1. The molecule has 1 aromatic rings. The number of amides is 1. The van der Waals surface area contributed by atoms with Gasteiger partial charge in [0.05, 0.1) is 12.1 Å². The molecule has 3 unspecified atom stereocenters. The normalized spacial score (nSPS) is 24.8. The highest BCUT2D eigenvalue weighted by molar-refractivity contribution is 5.94. The van der Waals surface area contributed by atoms with Gasteiger partial charge in [-0.15, -0.1) is 0 Å². The number of rotatable bonds is 2. The van der Waals surface area contributed by atoms with Gasteiger partial charge in [0.25, 0.3) is 5.91 Å². The SMILES string of the molecule is CC1CCCC(NC(=O)c2cncc(C#CCN)c2)C1C. The molecule has 112 valence electrons. The largest absolute Gasteiger partial charge is 0.349 e. The number of pyridine rings is 1. The van der Waals surface area contributed by atoms with Gasteiger partial charge in [0, 0.05) is 24.0 Å². The van der Waals surface area contributed by atoms with E-state index in [1.165, 1.54) is 12.8 Å². The van der Waals surface area contributed by atoms with Crippen molar-refractivity contribution in [1.82, 2.24) is 10.3 Å². The molecule has 4 heteroatoms. The number of hydrogen-bond donors (Lipinski definition) is 2. The summed E-state index contributed by atoms with van der Waals surface area (Å²) in [5.74, 6) is 6.77. The van der Waals surface area contributed by atoms with Crippen LogP contribution in [0.5, 0.6) is 0 Å². The molecule has 4 nitrogen and oxygen atoms in total. The van der Waals surface area contributed by atoms with Crippen molar-refractivity contribution in [3.05, 3.63) is 29.6 Å². The van der Waals surface area contributed by atoms with Crippen LogP contribution in [0.2, 0.25) is 0 Å². The smallest absolute Gasteiger partial charge is 0.253 e. The van der Waals surface area contributed by atoms with Gasteiger partial charge in [-0.25, -0.2) is 0 Å². The predicted molar refractivity (Wildman–Crippen MR) is 83.6 cm³/mol. The Bertz CT molecular complexity index is 559. The first kappa shape index (κ1) is 15.5. The van der Waals surface area contributed by atoms with Crippen molar-refractivity contribution < 1.29 is 4.79 Å². The van der Waals surface area contributed by atoms with Crippen LogP contribution in [0.25, 0.3) is 0 Å². The van der Waals surface area contributed by atoms with Gasteiger partial charge in [-0.2, -0.15) is 0 Å². The molecule has 0 radical (unpaired) electrons. The first-order valence-electron chi connectivity index (χ1n) is 7.56. The zero-order chi connectivity index (χ0) is 15.2. The fraction of sp³-hybridized carbons (Fsp3) is 0.529. The summed E-state index contributed by atoms with van der Waals surface area (Å²) < 4.78 is 0. The predicted octanol–water partition coefficient (Wildman–Crippen LogP) is 1.95. The van der Waals surface area contributed by atoms with Crippen molar-refractivity contribution in [3.8, 4) is 11.8 Å². The lowest BCUT2D eigenvalue weighted by Gasteiger charge is -2.34. The third-order valence-corrected chi connectivity index (χ3v) is 4.36. The molecule has 0 spiro atoms. The fourth-order valence-electron chi connectivity index (χ4n) is 2.82. The van der Waals surface area contributed by atoms with Crippen LogP contribution in [0, 0.1) is 23.7 Å². The zero-order valence-corrected chi connectivity index (χ0v) is 12.7. The summed E-state index contributed by atoms with van der Waals surface area (Å²) in [5, 5.41) is 3.15. The van der Waals surface area contributed by atoms with Gasteiger partial charge in [0.1, 0.15) is 0 Å². The lowest BCUT2D eigenvalue weighted by atomic mass is 9.78. The molecule has 1 amide bonds. The van der Waals surface area contributed by atoms with Crippen LogP contribution < -0.4 is 11.1 Å². The van der Waals surface area contributed by atoms with E-state index < -0.39 is 0 Å². The van der Waals surface area contributed by atoms with E-state index in [4.69, 9.17) is 5.73 Å². The van der Waals surface area contributed by atoms with E-state index in [1.807, 2.05) is 0 Å². The Morgan fingerprint density at radius 1 is 1.43 bits per heavy atom. The number of nitrogens with zero attached hydrogens (tertiary/aromatic N) is 1. The van der Waals surface area contributed by atoms with Gasteiger partial charge in [-0.05, 0) is 24.3 Å². The summed E-state index contributed by atoms with van der Waals surface area (Å²) in [6, 6.07) is 2.02. The van der Waals surface area contributed by atoms with E-state index in [-0.39, 0.29) is 11.9 Å². The topological polar surface area (TPSA) is 68.0 Å². The lowest BCUT2D eigenvalue weighted by Crippen LogP contribution is -2.43. The number of nitrogens with two attached hydrogens (primary N) is 1. The van der Waals surface area contributed by atoms with Crippen molar-refractivity contribution in [3.63, 3.8) is 0 Å². The highest BCUT2D eigenvalue weighted by Crippen LogP contribution is 2.29. The lowest BCUT2D eigenvalue weighted by molar-refractivity contribution is 0.0890. The molecule has 3 N–H and O–H groups in total. The van der Waals surface area contributed by atoms with E-state index in [2.05, 4.69) is 36.0 Å². The monoisotopic (exact) mass is 285 g/mol. The second kappa shape index (κ2) is 7.24. The average molecular weight is 285 g/mol. The fourth-order valence-corrected chi connectivity index (χ4v) is 2.82. The molecule has 1 aromatic heterocycles. The Hall–Kier alpha value is -1.86. The third-order valence-electron chi connectivity index (χ3n) is 4.36. The van der Waals surface area contributed by atoms with Gasteiger partial charge >= 0.3 is 0 Å². The summed E-state index contributed by atoms with van der Waals surface area (Å²) in [6.07, 6.45) is 6.71. The molecule has 1 aliphatic carbocycles. The molecule has 3 atom stereocenters. The van der Waals surface area contributed by atoms with E-state index in [0.717, 1.165) is 12.0 Å². The molecule has 0 bridgehead atoms. The molecule has 1 aliphatic rings. The summed E-state index contributed by atoms with van der Waals surface area (Å²) in [5.41, 5.74) is 6.63. The number of hydrogen-bond acceptors (Lipinski definition) is 3. The maximum Gasteiger partial charge on any atom is 0.253 e. The molecule has 0 aliphatic heterocycles. The van der Waals surface area contributed by atoms with Crippen molar-refractivity contribution in [2.24, 2.45) is 17.6 Å². The minimum absolute atomic E-state index is 0.0650. The maximum atomic E-state index is 12.4. The highest BCUT2D eigenvalue weighted by Gasteiger charge is 2.28. The Labute approximate surface area is 126 Å². The van der Waals surface area contributed by atoms with E-state index in [0.29, 0.717) is 23.9 Å². The minimum Gasteiger partial charge on any atom is -0.349 e. The molecular weight excluding hydrogens is 262 g/mol. The number of carbonyl (C=O) groups excluding carboxylic acids is 1. The minimum atomic E-state index is -0.0650. The summed E-state index contributed by atoms with van der Waals surface area (Å²) in [6.45, 7) is 4.78. The van der Waals surface area contributed by atoms with Crippen molar-refractivity contribution in [2.75, 3.05) is 6.54 Å². The van der Waals surface area contributed by atoms with E-state index in [1.54, 1.807) is 18.5 Å². The molecule has 0 aromatic carbocycles. The number of carbonyl (C=O) groups is 1. The summed E-state index contributed by atoms with van der Waals surface area (Å²) >= 11 is 0. The second-order valence-corrected chi connectivity index (χ2v) is 5.82. The van der Waals surface area contributed by atoms with Gasteiger partial charge in [-0.3, -0.25) is 9.78 Å². The van der Waals surface area contributed by atoms with Crippen LogP contribution in [0.1, 0.15) is 49.0 Å². The van der Waals surface area contributed by atoms with Gasteiger partial charge < -0.3 is 11.1 Å². The molecule has 2 rings (SSSR count).